The van der Waals surface area contributed by atoms with Crippen molar-refractivity contribution in [3.05, 3.63) is 47.3 Å². The summed E-state index contributed by atoms with van der Waals surface area (Å²) in [5, 5.41) is 5.88. The maximum absolute atomic E-state index is 12.6. The van der Waals surface area contributed by atoms with Crippen molar-refractivity contribution >= 4 is 23.1 Å². The quantitative estimate of drug-likeness (QED) is 0.796. The number of hydrogen-bond acceptors (Lipinski definition) is 3. The zero-order chi connectivity index (χ0) is 17.3. The Morgan fingerprint density at radius 2 is 1.88 bits per heavy atom. The standard InChI is InChI=1S/C19H23N3O2/c1-12-9-18(13(2)22(12)17-7-8-17)19(24)11-20-15-5-4-6-16(10-15)21-14(3)23/h4-6,9-10,17,20H,7-8,11H2,1-3H3,(H,21,23). The number of ketones is 1. The molecule has 1 fully saturated rings. The molecular weight excluding hydrogens is 302 g/mol. The molecule has 2 N–H and O–H groups in total. The number of nitrogens with zero attached hydrogens (tertiary/aromatic N) is 1. The van der Waals surface area contributed by atoms with Gasteiger partial charge in [-0.25, -0.2) is 0 Å². The van der Waals surface area contributed by atoms with Gasteiger partial charge in [0.15, 0.2) is 5.78 Å². The molecule has 0 unspecified atom stereocenters. The minimum atomic E-state index is -0.115. The van der Waals surface area contributed by atoms with E-state index in [0.29, 0.717) is 11.7 Å². The van der Waals surface area contributed by atoms with E-state index in [-0.39, 0.29) is 18.2 Å². The normalized spacial score (nSPS) is 13.6. The fraction of sp³-hybridized carbons (Fsp3) is 0.368. The van der Waals surface area contributed by atoms with Crippen LogP contribution in [0.15, 0.2) is 30.3 Å². The Kier molecular flexibility index (Phi) is 4.42. The molecule has 5 heteroatoms. The van der Waals surface area contributed by atoms with Crippen molar-refractivity contribution in [1.29, 1.82) is 0 Å². The summed E-state index contributed by atoms with van der Waals surface area (Å²) in [5.41, 5.74) is 4.54. The van der Waals surface area contributed by atoms with Crippen LogP contribution in [0.4, 0.5) is 11.4 Å². The van der Waals surface area contributed by atoms with Crippen LogP contribution >= 0.6 is 0 Å². The van der Waals surface area contributed by atoms with Crippen molar-refractivity contribution in [1.82, 2.24) is 4.57 Å². The van der Waals surface area contributed by atoms with Crippen molar-refractivity contribution in [3.63, 3.8) is 0 Å². The molecular formula is C19H23N3O2. The Labute approximate surface area is 142 Å². The monoisotopic (exact) mass is 325 g/mol. The number of carbonyl (C=O) groups is 2. The van der Waals surface area contributed by atoms with E-state index < -0.39 is 0 Å². The lowest BCUT2D eigenvalue weighted by Gasteiger charge is -2.09. The Hall–Kier alpha value is -2.56. The van der Waals surface area contributed by atoms with Crippen LogP contribution in [0, 0.1) is 13.8 Å². The first kappa shape index (κ1) is 16.3. The van der Waals surface area contributed by atoms with Gasteiger partial charge in [-0.2, -0.15) is 0 Å². The van der Waals surface area contributed by atoms with Crippen molar-refractivity contribution < 1.29 is 9.59 Å². The molecule has 24 heavy (non-hydrogen) atoms. The molecule has 0 radical (unpaired) electrons. The molecule has 1 amide bonds. The number of amides is 1. The van der Waals surface area contributed by atoms with E-state index in [1.54, 1.807) is 0 Å². The third kappa shape index (κ3) is 3.50. The van der Waals surface area contributed by atoms with Crippen LogP contribution in [0.1, 0.15) is 47.6 Å². The van der Waals surface area contributed by atoms with Gasteiger partial charge in [-0.15, -0.1) is 0 Å². The highest BCUT2D eigenvalue weighted by Gasteiger charge is 2.28. The lowest BCUT2D eigenvalue weighted by Crippen LogP contribution is -2.15. The zero-order valence-electron chi connectivity index (χ0n) is 14.3. The summed E-state index contributed by atoms with van der Waals surface area (Å²) in [6, 6.07) is 9.93. The summed E-state index contributed by atoms with van der Waals surface area (Å²) in [6.07, 6.45) is 2.41. The van der Waals surface area contributed by atoms with Gasteiger partial charge in [0.1, 0.15) is 0 Å². The number of hydrogen-bond donors (Lipinski definition) is 2. The lowest BCUT2D eigenvalue weighted by atomic mass is 10.1. The number of aryl methyl sites for hydroxylation is 1. The highest BCUT2D eigenvalue weighted by molar-refractivity contribution is 6.00. The summed E-state index contributed by atoms with van der Waals surface area (Å²) in [6.45, 7) is 5.79. The Morgan fingerprint density at radius 3 is 2.54 bits per heavy atom. The highest BCUT2D eigenvalue weighted by atomic mass is 16.1. The summed E-state index contributed by atoms with van der Waals surface area (Å²) < 4.78 is 2.28. The molecule has 126 valence electrons. The molecule has 3 rings (SSSR count). The van der Waals surface area contributed by atoms with Crippen molar-refractivity contribution in [3.8, 4) is 0 Å². The second-order valence-electron chi connectivity index (χ2n) is 6.42. The number of rotatable bonds is 6. The van der Waals surface area contributed by atoms with E-state index in [9.17, 15) is 9.59 Å². The molecule has 0 spiro atoms. The minimum Gasteiger partial charge on any atom is -0.378 e. The molecule has 0 bridgehead atoms. The summed E-state index contributed by atoms with van der Waals surface area (Å²) >= 11 is 0. The largest absolute Gasteiger partial charge is 0.378 e. The average Bonchev–Trinajstić information content (AvgIpc) is 3.30. The number of aromatic nitrogens is 1. The zero-order valence-corrected chi connectivity index (χ0v) is 14.3. The third-order valence-corrected chi connectivity index (χ3v) is 4.33. The van der Waals surface area contributed by atoms with E-state index in [1.165, 1.54) is 19.8 Å². The SMILES string of the molecule is CC(=O)Nc1cccc(NCC(=O)c2cc(C)n(C3CC3)c2C)c1. The number of Topliss-reactive ketones (excluding diaryl/α,β-unsaturated/α-hetero) is 1. The summed E-state index contributed by atoms with van der Waals surface area (Å²) in [7, 11) is 0. The Bertz CT molecular complexity index is 788. The molecule has 0 atom stereocenters. The van der Waals surface area contributed by atoms with E-state index >= 15 is 0 Å². The predicted octanol–water partition coefficient (Wildman–Crippen LogP) is 3.69. The number of anilines is 2. The number of nitrogens with one attached hydrogen (secondary N) is 2. The van der Waals surface area contributed by atoms with Gasteiger partial charge in [-0.05, 0) is 51.0 Å². The fourth-order valence-electron chi connectivity index (χ4n) is 3.14. The molecule has 2 aromatic rings. The van der Waals surface area contributed by atoms with Crippen molar-refractivity contribution in [2.45, 2.75) is 39.7 Å². The molecule has 1 heterocycles. The van der Waals surface area contributed by atoms with Gasteiger partial charge in [0.2, 0.25) is 5.91 Å². The van der Waals surface area contributed by atoms with Crippen LogP contribution in [0.2, 0.25) is 0 Å². The molecule has 1 saturated carbocycles. The van der Waals surface area contributed by atoms with Crippen LogP contribution in [0.25, 0.3) is 0 Å². The van der Waals surface area contributed by atoms with Gasteiger partial charge < -0.3 is 15.2 Å². The minimum absolute atomic E-state index is 0.0833. The van der Waals surface area contributed by atoms with Gasteiger partial charge in [-0.3, -0.25) is 9.59 Å². The molecule has 0 saturated heterocycles. The highest BCUT2D eigenvalue weighted by Crippen LogP contribution is 2.38. The molecule has 5 nitrogen and oxygen atoms in total. The fourth-order valence-corrected chi connectivity index (χ4v) is 3.14. The Balaban J connectivity index is 1.68. The predicted molar refractivity (Wildman–Crippen MR) is 95.7 cm³/mol. The average molecular weight is 325 g/mol. The van der Waals surface area contributed by atoms with Crippen LogP contribution in [-0.4, -0.2) is 22.8 Å². The third-order valence-electron chi connectivity index (χ3n) is 4.33. The van der Waals surface area contributed by atoms with Crippen LogP contribution < -0.4 is 10.6 Å². The first-order valence-corrected chi connectivity index (χ1v) is 8.29. The second kappa shape index (κ2) is 6.51. The van der Waals surface area contributed by atoms with E-state index in [0.717, 1.165) is 22.6 Å². The lowest BCUT2D eigenvalue weighted by molar-refractivity contribution is -0.114. The first-order chi connectivity index (χ1) is 11.5. The van der Waals surface area contributed by atoms with E-state index in [2.05, 4.69) is 22.1 Å². The maximum Gasteiger partial charge on any atom is 0.221 e. The summed E-state index contributed by atoms with van der Waals surface area (Å²) in [4.78, 5) is 23.7. The van der Waals surface area contributed by atoms with Gasteiger partial charge in [0.05, 0.1) is 6.54 Å². The second-order valence-corrected chi connectivity index (χ2v) is 6.42. The smallest absolute Gasteiger partial charge is 0.221 e. The van der Waals surface area contributed by atoms with E-state index in [4.69, 9.17) is 0 Å². The van der Waals surface area contributed by atoms with Crippen LogP contribution in [0.3, 0.4) is 0 Å². The topological polar surface area (TPSA) is 63.1 Å². The molecule has 1 aliphatic carbocycles. The van der Waals surface area contributed by atoms with Crippen molar-refractivity contribution in [2.24, 2.45) is 0 Å². The molecule has 1 aromatic carbocycles. The van der Waals surface area contributed by atoms with Gasteiger partial charge in [0, 0.05) is 41.3 Å². The number of benzene rings is 1. The van der Waals surface area contributed by atoms with Crippen LogP contribution in [-0.2, 0) is 4.79 Å². The van der Waals surface area contributed by atoms with Crippen LogP contribution in [0.5, 0.6) is 0 Å². The van der Waals surface area contributed by atoms with E-state index in [1.807, 2.05) is 37.3 Å². The number of carbonyl (C=O) groups excluding carboxylic acids is 2. The van der Waals surface area contributed by atoms with Gasteiger partial charge >= 0.3 is 0 Å². The maximum atomic E-state index is 12.6. The van der Waals surface area contributed by atoms with Crippen molar-refractivity contribution in [2.75, 3.05) is 17.2 Å². The van der Waals surface area contributed by atoms with Gasteiger partial charge in [0.25, 0.3) is 0 Å². The molecule has 0 aliphatic heterocycles. The summed E-state index contributed by atoms with van der Waals surface area (Å²) in [5.74, 6) is -0.0318. The molecule has 1 aliphatic rings. The Morgan fingerprint density at radius 1 is 1.17 bits per heavy atom. The molecule has 1 aromatic heterocycles. The first-order valence-electron chi connectivity index (χ1n) is 8.29. The van der Waals surface area contributed by atoms with Gasteiger partial charge in [-0.1, -0.05) is 6.07 Å².